The van der Waals surface area contributed by atoms with Crippen molar-refractivity contribution in [2.45, 2.75) is 13.2 Å². The molecular weight excluding hydrogens is 341 g/mol. The summed E-state index contributed by atoms with van der Waals surface area (Å²) in [6.45, 7) is 0.758. The summed E-state index contributed by atoms with van der Waals surface area (Å²) in [7, 11) is -0.946. The second kappa shape index (κ2) is 7.66. The van der Waals surface area contributed by atoms with Gasteiger partial charge >= 0.3 is 7.12 Å². The van der Waals surface area contributed by atoms with E-state index in [0.29, 0.717) is 35.7 Å². The van der Waals surface area contributed by atoms with Crippen molar-refractivity contribution in [1.82, 2.24) is 0 Å². The highest BCUT2D eigenvalue weighted by Crippen LogP contribution is 2.22. The molecule has 6 heteroatoms. The first-order valence-corrected chi connectivity index (χ1v) is 8.70. The van der Waals surface area contributed by atoms with Crippen molar-refractivity contribution in [3.63, 3.8) is 0 Å². The Morgan fingerprint density at radius 1 is 1.07 bits per heavy atom. The minimum atomic E-state index is -0.946. The summed E-state index contributed by atoms with van der Waals surface area (Å²) in [5.74, 6) is 0.246. The molecule has 0 aliphatic carbocycles. The fourth-order valence-electron chi connectivity index (χ4n) is 3.01. The molecule has 0 bridgehead atoms. The van der Waals surface area contributed by atoms with Gasteiger partial charge in [-0.1, -0.05) is 48.5 Å². The highest BCUT2D eigenvalue weighted by molar-refractivity contribution is 6.61. The van der Waals surface area contributed by atoms with Gasteiger partial charge in [0.25, 0.3) is 5.91 Å². The number of fused-ring (bicyclic) bond motifs is 1. The van der Waals surface area contributed by atoms with E-state index in [-0.39, 0.29) is 5.91 Å². The largest absolute Gasteiger partial charge is 0.491 e. The third-order valence-electron chi connectivity index (χ3n) is 4.44. The monoisotopic (exact) mass is 359 g/mol. The highest BCUT2D eigenvalue weighted by atomic mass is 16.5. The summed E-state index contributed by atoms with van der Waals surface area (Å²) < 4.78 is 11.0. The third-order valence-corrected chi connectivity index (χ3v) is 4.44. The van der Waals surface area contributed by atoms with Gasteiger partial charge in [0.1, 0.15) is 12.4 Å². The van der Waals surface area contributed by atoms with Gasteiger partial charge < -0.3 is 19.7 Å². The maximum Gasteiger partial charge on any atom is 0.491 e. The summed E-state index contributed by atoms with van der Waals surface area (Å²) in [5, 5.41) is 12.7. The van der Waals surface area contributed by atoms with Crippen LogP contribution in [0.2, 0.25) is 0 Å². The van der Waals surface area contributed by atoms with Crippen LogP contribution in [0.1, 0.15) is 21.5 Å². The number of benzene rings is 3. The molecule has 1 aliphatic heterocycles. The molecule has 5 nitrogen and oxygen atoms in total. The van der Waals surface area contributed by atoms with Gasteiger partial charge in [-0.15, -0.1) is 0 Å². The van der Waals surface area contributed by atoms with E-state index in [2.05, 4.69) is 5.32 Å². The minimum absolute atomic E-state index is 0.271. The number of ether oxygens (including phenoxy) is 1. The number of amides is 1. The Morgan fingerprint density at radius 3 is 2.70 bits per heavy atom. The van der Waals surface area contributed by atoms with Crippen LogP contribution in [0.15, 0.2) is 72.8 Å². The molecule has 3 aromatic rings. The molecule has 1 amide bonds. The van der Waals surface area contributed by atoms with Gasteiger partial charge in [-0.3, -0.25) is 4.79 Å². The number of rotatable bonds is 5. The van der Waals surface area contributed by atoms with E-state index in [9.17, 15) is 9.82 Å². The Labute approximate surface area is 157 Å². The van der Waals surface area contributed by atoms with Gasteiger partial charge in [-0.05, 0) is 40.9 Å². The minimum Gasteiger partial charge on any atom is -0.488 e. The topological polar surface area (TPSA) is 67.8 Å². The Morgan fingerprint density at radius 2 is 1.85 bits per heavy atom. The van der Waals surface area contributed by atoms with Crippen molar-refractivity contribution in [2.75, 3.05) is 5.32 Å². The quantitative estimate of drug-likeness (QED) is 0.688. The summed E-state index contributed by atoms with van der Waals surface area (Å²) in [5.41, 5.74) is 3.68. The molecule has 2 N–H and O–H groups in total. The van der Waals surface area contributed by atoms with Crippen LogP contribution in [0.3, 0.4) is 0 Å². The Bertz CT molecular complexity index is 961. The Hall–Kier alpha value is -3.09. The Kier molecular flexibility index (Phi) is 4.92. The summed E-state index contributed by atoms with van der Waals surface area (Å²) in [6.07, 6.45) is 0. The molecule has 0 unspecified atom stereocenters. The molecule has 0 spiro atoms. The van der Waals surface area contributed by atoms with Gasteiger partial charge in [0.15, 0.2) is 0 Å². The first-order valence-electron chi connectivity index (χ1n) is 8.70. The number of carbonyl (C=O) groups excluding carboxylic acids is 1. The fourth-order valence-corrected chi connectivity index (χ4v) is 3.01. The molecule has 134 valence electrons. The van der Waals surface area contributed by atoms with E-state index < -0.39 is 7.12 Å². The smallest absolute Gasteiger partial charge is 0.488 e. The molecule has 0 saturated heterocycles. The van der Waals surface area contributed by atoms with E-state index in [1.54, 1.807) is 30.3 Å². The maximum absolute atomic E-state index is 12.7. The number of hydrogen-bond donors (Lipinski definition) is 2. The van der Waals surface area contributed by atoms with E-state index in [0.717, 1.165) is 11.1 Å². The lowest BCUT2D eigenvalue weighted by molar-refractivity contribution is 0.102. The van der Waals surface area contributed by atoms with Gasteiger partial charge in [0, 0.05) is 5.69 Å². The normalized spacial score (nSPS) is 12.6. The van der Waals surface area contributed by atoms with Crippen LogP contribution >= 0.6 is 0 Å². The van der Waals surface area contributed by atoms with Crippen molar-refractivity contribution < 1.29 is 19.2 Å². The number of carbonyl (C=O) groups is 1. The molecule has 1 aliphatic rings. The zero-order valence-corrected chi connectivity index (χ0v) is 14.6. The molecule has 0 aromatic heterocycles. The Balaban J connectivity index is 1.50. The standard InChI is InChI=1S/C21H18BNO4/c24-21(23-17-11-10-16-14-27-22(25)19(16)12-17)18-8-4-5-9-20(18)26-13-15-6-2-1-3-7-15/h1-12,25H,13-14H2,(H,23,24). The van der Waals surface area contributed by atoms with Crippen LogP contribution in [-0.2, 0) is 17.9 Å². The summed E-state index contributed by atoms with van der Waals surface area (Å²) >= 11 is 0. The zero-order valence-electron chi connectivity index (χ0n) is 14.6. The highest BCUT2D eigenvalue weighted by Gasteiger charge is 2.27. The van der Waals surface area contributed by atoms with Crippen LogP contribution < -0.4 is 15.5 Å². The maximum atomic E-state index is 12.7. The number of hydrogen-bond acceptors (Lipinski definition) is 4. The van der Waals surface area contributed by atoms with Gasteiger partial charge in [-0.2, -0.15) is 0 Å². The van der Waals surface area contributed by atoms with Crippen molar-refractivity contribution in [2.24, 2.45) is 0 Å². The summed E-state index contributed by atoms with van der Waals surface area (Å²) in [4.78, 5) is 12.7. The molecule has 3 aromatic carbocycles. The number of para-hydroxylation sites is 1. The van der Waals surface area contributed by atoms with E-state index in [4.69, 9.17) is 9.39 Å². The lowest BCUT2D eigenvalue weighted by Gasteiger charge is -2.12. The lowest BCUT2D eigenvalue weighted by Crippen LogP contribution is -2.28. The van der Waals surface area contributed by atoms with Crippen molar-refractivity contribution in [1.29, 1.82) is 0 Å². The average molecular weight is 359 g/mol. The van der Waals surface area contributed by atoms with Gasteiger partial charge in [0.05, 0.1) is 12.2 Å². The van der Waals surface area contributed by atoms with Crippen LogP contribution in [0, 0.1) is 0 Å². The molecular formula is C21H18BNO4. The van der Waals surface area contributed by atoms with Crippen molar-refractivity contribution >= 4 is 24.2 Å². The van der Waals surface area contributed by atoms with Crippen LogP contribution in [-0.4, -0.2) is 18.0 Å². The predicted octanol–water partition coefficient (Wildman–Crippen LogP) is 2.74. The SMILES string of the molecule is O=C(Nc1ccc2c(c1)B(O)OC2)c1ccccc1OCc1ccccc1. The van der Waals surface area contributed by atoms with Crippen LogP contribution in [0.4, 0.5) is 5.69 Å². The molecule has 0 atom stereocenters. The van der Waals surface area contributed by atoms with E-state index in [1.807, 2.05) is 42.5 Å². The van der Waals surface area contributed by atoms with Gasteiger partial charge in [-0.25, -0.2) is 0 Å². The molecule has 0 radical (unpaired) electrons. The van der Waals surface area contributed by atoms with Crippen molar-refractivity contribution in [3.8, 4) is 5.75 Å². The number of anilines is 1. The van der Waals surface area contributed by atoms with Crippen LogP contribution in [0.5, 0.6) is 5.75 Å². The molecule has 0 saturated carbocycles. The average Bonchev–Trinajstić information content (AvgIpc) is 3.08. The first kappa shape index (κ1) is 17.3. The zero-order chi connectivity index (χ0) is 18.6. The second-order valence-electron chi connectivity index (χ2n) is 6.30. The van der Waals surface area contributed by atoms with E-state index in [1.165, 1.54) is 0 Å². The second-order valence-corrected chi connectivity index (χ2v) is 6.30. The fraction of sp³-hybridized carbons (Fsp3) is 0.0952. The first-order chi connectivity index (χ1) is 13.2. The third kappa shape index (κ3) is 3.87. The van der Waals surface area contributed by atoms with Crippen molar-refractivity contribution in [3.05, 3.63) is 89.5 Å². The summed E-state index contributed by atoms with van der Waals surface area (Å²) in [6, 6.07) is 22.3. The van der Waals surface area contributed by atoms with Crippen LogP contribution in [0.25, 0.3) is 0 Å². The van der Waals surface area contributed by atoms with E-state index >= 15 is 0 Å². The molecule has 4 rings (SSSR count). The predicted molar refractivity (Wildman–Crippen MR) is 104 cm³/mol. The number of nitrogens with one attached hydrogen (secondary N) is 1. The molecule has 0 fully saturated rings. The van der Waals surface area contributed by atoms with Gasteiger partial charge in [0.2, 0.25) is 0 Å². The molecule has 1 heterocycles. The lowest BCUT2D eigenvalue weighted by atomic mass is 9.79. The molecule has 27 heavy (non-hydrogen) atoms.